The number of nitrogens with two attached hydrogens (primary N) is 1. The Morgan fingerprint density at radius 2 is 1.86 bits per heavy atom. The van der Waals surface area contributed by atoms with Gasteiger partial charge in [0.15, 0.2) is 14.4 Å². The number of rotatable bonds is 4. The summed E-state index contributed by atoms with van der Waals surface area (Å²) in [4.78, 5) is 10.9. The van der Waals surface area contributed by atoms with Gasteiger partial charge in [-0.15, -0.1) is 0 Å². The molecule has 83 valence electrons. The summed E-state index contributed by atoms with van der Waals surface area (Å²) in [6, 6.07) is 0. The third-order valence-corrected chi connectivity index (χ3v) is 7.20. The number of hydrogen-bond acceptors (Lipinski definition) is 2. The van der Waals surface area contributed by atoms with Crippen LogP contribution in [-0.2, 0) is 14.3 Å². The highest BCUT2D eigenvalue weighted by molar-refractivity contribution is 6.74. The van der Waals surface area contributed by atoms with Crippen molar-refractivity contribution in [3.8, 4) is 0 Å². The van der Waals surface area contributed by atoms with E-state index < -0.39 is 26.9 Å². The normalized spacial score (nSPS) is 15.3. The van der Waals surface area contributed by atoms with Gasteiger partial charge in [-0.1, -0.05) is 20.8 Å². The van der Waals surface area contributed by atoms with Crippen LogP contribution in [0.25, 0.3) is 0 Å². The molecule has 4 nitrogen and oxygen atoms in total. The predicted octanol–water partition coefficient (Wildman–Crippen LogP) is 1.29. The summed E-state index contributed by atoms with van der Waals surface area (Å²) < 4.78 is 5.56. The molecule has 0 aromatic rings. The van der Waals surface area contributed by atoms with Crippen molar-refractivity contribution >= 4 is 14.2 Å². The van der Waals surface area contributed by atoms with Crippen LogP contribution in [0.5, 0.6) is 0 Å². The molecule has 0 aromatic carbocycles. The Kier molecular flexibility index (Phi) is 4.29. The Bertz CT molecular complexity index is 211. The quantitative estimate of drug-likeness (QED) is 0.722. The first-order valence-electron chi connectivity index (χ1n) is 4.67. The average molecular weight is 218 g/mol. The molecule has 5 heteroatoms. The number of hydrogen-bond donors (Lipinski definition) is 1. The predicted molar refractivity (Wildman–Crippen MR) is 56.8 cm³/mol. The van der Waals surface area contributed by atoms with Crippen molar-refractivity contribution in [2.75, 3.05) is 6.61 Å². The Labute approximate surface area is 86.6 Å². The Hall–Kier alpha value is -0.393. The molecule has 1 amide bonds. The maximum Gasteiger partial charge on any atom is 0.247 e. The highest BCUT2D eigenvalue weighted by atomic mass is 28.4. The first kappa shape index (κ1) is 13.6. The Morgan fingerprint density at radius 1 is 1.43 bits per heavy atom. The molecule has 0 bridgehead atoms. The lowest BCUT2D eigenvalue weighted by Gasteiger charge is -2.37. The van der Waals surface area contributed by atoms with E-state index in [9.17, 15) is 9.90 Å². The standard InChI is InChI=1S/C9H20NO3Si/c1-9(2,3)14(4,5)13-7(6-11)8(10)12/h7H,6H2,1-5H3,(H2,10,12)/t7-/m0/s1. The monoisotopic (exact) mass is 218 g/mol. The van der Waals surface area contributed by atoms with E-state index in [4.69, 9.17) is 10.2 Å². The molecule has 14 heavy (non-hydrogen) atoms. The second kappa shape index (κ2) is 4.42. The molecule has 0 aliphatic heterocycles. The van der Waals surface area contributed by atoms with Gasteiger partial charge in [-0.3, -0.25) is 4.79 Å². The van der Waals surface area contributed by atoms with Gasteiger partial charge >= 0.3 is 0 Å². The van der Waals surface area contributed by atoms with Crippen molar-refractivity contribution in [1.29, 1.82) is 0 Å². The minimum Gasteiger partial charge on any atom is -0.403 e. The van der Waals surface area contributed by atoms with Crippen molar-refractivity contribution in [2.45, 2.75) is 45.0 Å². The summed E-state index contributed by atoms with van der Waals surface area (Å²) >= 11 is 0. The zero-order valence-corrected chi connectivity index (χ0v) is 10.6. The van der Waals surface area contributed by atoms with Crippen LogP contribution in [0.1, 0.15) is 20.8 Å². The van der Waals surface area contributed by atoms with Gasteiger partial charge in [0.1, 0.15) is 6.61 Å². The zero-order valence-electron chi connectivity index (χ0n) is 9.59. The summed E-state index contributed by atoms with van der Waals surface area (Å²) in [6.07, 6.45) is -0.976. The molecular formula is C9H20NO3Si. The van der Waals surface area contributed by atoms with E-state index in [1.54, 1.807) is 0 Å². The zero-order chi connectivity index (χ0) is 11.6. The molecule has 0 aliphatic rings. The Morgan fingerprint density at radius 3 is 2.07 bits per heavy atom. The first-order valence-corrected chi connectivity index (χ1v) is 7.58. The van der Waals surface area contributed by atoms with Gasteiger partial charge in [0.25, 0.3) is 0 Å². The molecule has 0 aliphatic carbocycles. The van der Waals surface area contributed by atoms with E-state index in [0.717, 1.165) is 0 Å². The van der Waals surface area contributed by atoms with E-state index >= 15 is 0 Å². The highest BCUT2D eigenvalue weighted by Crippen LogP contribution is 2.37. The lowest BCUT2D eigenvalue weighted by atomic mass is 10.2. The fourth-order valence-electron chi connectivity index (χ4n) is 0.707. The molecule has 0 spiro atoms. The maximum atomic E-state index is 10.9. The Balaban J connectivity index is 4.56. The minimum absolute atomic E-state index is 0.0180. The van der Waals surface area contributed by atoms with E-state index in [2.05, 4.69) is 0 Å². The fraction of sp³-hybridized carbons (Fsp3) is 0.889. The van der Waals surface area contributed by atoms with Crippen molar-refractivity contribution < 1.29 is 14.3 Å². The van der Waals surface area contributed by atoms with Gasteiger partial charge in [-0.05, 0) is 18.1 Å². The van der Waals surface area contributed by atoms with Crippen molar-refractivity contribution in [2.24, 2.45) is 5.73 Å². The second-order valence-corrected chi connectivity index (χ2v) is 9.69. The SMILES string of the molecule is CC(C)(C)[Si](C)(C)O[C@@H](C[O])C(N)=O. The molecule has 0 heterocycles. The van der Waals surface area contributed by atoms with E-state index in [1.807, 2.05) is 33.9 Å². The lowest BCUT2D eigenvalue weighted by molar-refractivity contribution is -0.127. The van der Waals surface area contributed by atoms with Crippen LogP contribution < -0.4 is 5.73 Å². The largest absolute Gasteiger partial charge is 0.403 e. The van der Waals surface area contributed by atoms with Crippen LogP contribution in [0, 0.1) is 0 Å². The van der Waals surface area contributed by atoms with E-state index in [0.29, 0.717) is 0 Å². The van der Waals surface area contributed by atoms with E-state index in [1.165, 1.54) is 0 Å². The van der Waals surface area contributed by atoms with Gasteiger partial charge in [0.2, 0.25) is 5.91 Å². The summed E-state index contributed by atoms with van der Waals surface area (Å²) in [6.45, 7) is 9.51. The van der Waals surface area contributed by atoms with Crippen LogP contribution in [0.2, 0.25) is 18.1 Å². The third-order valence-electron chi connectivity index (χ3n) is 2.71. The second-order valence-electron chi connectivity index (χ2n) is 4.94. The molecule has 0 rings (SSSR count). The molecule has 1 radical (unpaired) electrons. The molecule has 1 atom stereocenters. The molecule has 0 unspecified atom stereocenters. The molecular weight excluding hydrogens is 198 g/mol. The summed E-state index contributed by atoms with van der Waals surface area (Å²) in [5.41, 5.74) is 5.06. The first-order chi connectivity index (χ1) is 6.12. The molecule has 0 saturated heterocycles. The summed E-state index contributed by atoms with van der Waals surface area (Å²) in [5.74, 6) is -0.662. The highest BCUT2D eigenvalue weighted by Gasteiger charge is 2.40. The summed E-state index contributed by atoms with van der Waals surface area (Å²) in [7, 11) is -2.05. The average Bonchev–Trinajstić information content (AvgIpc) is 1.97. The smallest absolute Gasteiger partial charge is 0.247 e. The topological polar surface area (TPSA) is 72.2 Å². The van der Waals surface area contributed by atoms with Gasteiger partial charge in [-0.2, -0.15) is 0 Å². The number of carbonyl (C=O) groups is 1. The van der Waals surface area contributed by atoms with Crippen molar-refractivity contribution in [1.82, 2.24) is 0 Å². The van der Waals surface area contributed by atoms with Crippen molar-refractivity contribution in [3.63, 3.8) is 0 Å². The summed E-state index contributed by atoms with van der Waals surface area (Å²) in [5, 5.41) is 10.7. The lowest BCUT2D eigenvalue weighted by Crippen LogP contribution is -2.48. The number of amides is 1. The van der Waals surface area contributed by atoms with Gasteiger partial charge in [0, 0.05) is 0 Å². The van der Waals surface area contributed by atoms with Crippen LogP contribution in [0.3, 0.4) is 0 Å². The van der Waals surface area contributed by atoms with Gasteiger partial charge in [0.05, 0.1) is 0 Å². The van der Waals surface area contributed by atoms with Crippen molar-refractivity contribution in [3.05, 3.63) is 0 Å². The van der Waals surface area contributed by atoms with Crippen LogP contribution in [0.15, 0.2) is 0 Å². The van der Waals surface area contributed by atoms with Gasteiger partial charge in [-0.25, -0.2) is 5.11 Å². The van der Waals surface area contributed by atoms with E-state index in [-0.39, 0.29) is 5.04 Å². The third kappa shape index (κ3) is 3.40. The molecule has 0 saturated carbocycles. The molecule has 0 aromatic heterocycles. The van der Waals surface area contributed by atoms with Crippen LogP contribution in [-0.4, -0.2) is 26.9 Å². The minimum atomic E-state index is -2.05. The molecule has 2 N–H and O–H groups in total. The van der Waals surface area contributed by atoms with Gasteiger partial charge < -0.3 is 10.2 Å². The maximum absolute atomic E-state index is 10.9. The number of carbonyl (C=O) groups excluding carboxylic acids is 1. The molecule has 0 fully saturated rings. The number of primary amides is 1. The van der Waals surface area contributed by atoms with Crippen LogP contribution in [0.4, 0.5) is 0 Å². The fourth-order valence-corrected chi connectivity index (χ4v) is 1.96. The van der Waals surface area contributed by atoms with Crippen LogP contribution >= 0.6 is 0 Å².